The Hall–Kier alpha value is -0.550. The summed E-state index contributed by atoms with van der Waals surface area (Å²) < 4.78 is 1.17. The first-order chi connectivity index (χ1) is 7.28. The Kier molecular flexibility index (Phi) is 3.64. The second-order valence-electron chi connectivity index (χ2n) is 3.55. The van der Waals surface area contributed by atoms with E-state index in [2.05, 4.69) is 43.7 Å². The maximum Gasteiger partial charge on any atom is 0.191 e. The second-order valence-corrected chi connectivity index (χ2v) is 6.10. The summed E-state index contributed by atoms with van der Waals surface area (Å²) in [6, 6.07) is 4.83. The van der Waals surface area contributed by atoms with Crippen LogP contribution in [0.1, 0.15) is 17.7 Å². The molecule has 15 heavy (non-hydrogen) atoms. The fraction of sp³-hybridized carbons (Fsp3) is 0.500. The van der Waals surface area contributed by atoms with Crippen LogP contribution in [0.5, 0.6) is 0 Å². The fourth-order valence-corrected chi connectivity index (χ4v) is 2.66. The Balaban J connectivity index is 1.80. The van der Waals surface area contributed by atoms with E-state index in [4.69, 9.17) is 0 Å². The van der Waals surface area contributed by atoms with Crippen LogP contribution in [0.3, 0.4) is 0 Å². The van der Waals surface area contributed by atoms with Gasteiger partial charge in [-0.25, -0.2) is 0 Å². The van der Waals surface area contributed by atoms with Gasteiger partial charge in [-0.1, -0.05) is 0 Å². The predicted molar refractivity (Wildman–Crippen MR) is 68.4 cm³/mol. The van der Waals surface area contributed by atoms with Crippen LogP contribution in [0.4, 0.5) is 0 Å². The van der Waals surface area contributed by atoms with Gasteiger partial charge in [0.1, 0.15) is 0 Å². The predicted octanol–water partition coefficient (Wildman–Crippen LogP) is 2.34. The van der Waals surface area contributed by atoms with E-state index in [-0.39, 0.29) is 0 Å². The number of aliphatic imine (C=N–C) groups is 1. The van der Waals surface area contributed by atoms with Gasteiger partial charge in [-0.15, -0.1) is 11.3 Å². The zero-order valence-electron chi connectivity index (χ0n) is 8.59. The van der Waals surface area contributed by atoms with Gasteiger partial charge in [-0.05, 0) is 40.9 Å². The Morgan fingerprint density at radius 3 is 2.93 bits per heavy atom. The van der Waals surface area contributed by atoms with Crippen molar-refractivity contribution in [2.45, 2.75) is 25.4 Å². The van der Waals surface area contributed by atoms with E-state index in [9.17, 15) is 0 Å². The third kappa shape index (κ3) is 3.50. The first-order valence-electron chi connectivity index (χ1n) is 4.99. The molecule has 3 nitrogen and oxygen atoms in total. The molecule has 1 aliphatic rings. The average molecular weight is 288 g/mol. The van der Waals surface area contributed by atoms with Gasteiger partial charge < -0.3 is 10.6 Å². The Morgan fingerprint density at radius 1 is 1.60 bits per heavy atom. The van der Waals surface area contributed by atoms with E-state index in [1.165, 1.54) is 21.5 Å². The number of nitrogens with one attached hydrogen (secondary N) is 2. The van der Waals surface area contributed by atoms with Crippen molar-refractivity contribution in [2.24, 2.45) is 4.99 Å². The van der Waals surface area contributed by atoms with Gasteiger partial charge >= 0.3 is 0 Å². The van der Waals surface area contributed by atoms with Crippen molar-refractivity contribution in [1.29, 1.82) is 0 Å². The highest BCUT2D eigenvalue weighted by molar-refractivity contribution is 9.11. The first kappa shape index (κ1) is 11.0. The van der Waals surface area contributed by atoms with E-state index in [0.29, 0.717) is 6.04 Å². The molecular weight excluding hydrogens is 274 g/mol. The van der Waals surface area contributed by atoms with Gasteiger partial charge in [-0.3, -0.25) is 4.99 Å². The molecule has 5 heteroatoms. The largest absolute Gasteiger partial charge is 0.354 e. The van der Waals surface area contributed by atoms with E-state index in [0.717, 1.165) is 12.5 Å². The molecular formula is C10H14BrN3S. The summed E-state index contributed by atoms with van der Waals surface area (Å²) in [7, 11) is 1.81. The highest BCUT2D eigenvalue weighted by Crippen LogP contribution is 2.22. The molecule has 0 amide bonds. The minimum absolute atomic E-state index is 0.645. The van der Waals surface area contributed by atoms with E-state index in [1.807, 2.05) is 7.05 Å². The molecule has 0 aliphatic heterocycles. The van der Waals surface area contributed by atoms with Crippen LogP contribution < -0.4 is 10.6 Å². The molecule has 1 aliphatic carbocycles. The number of guanidine groups is 1. The summed E-state index contributed by atoms with van der Waals surface area (Å²) >= 11 is 5.20. The summed E-state index contributed by atoms with van der Waals surface area (Å²) in [4.78, 5) is 5.48. The molecule has 2 rings (SSSR count). The lowest BCUT2D eigenvalue weighted by Gasteiger charge is -2.09. The summed E-state index contributed by atoms with van der Waals surface area (Å²) in [6.45, 7) is 0.836. The molecule has 1 saturated carbocycles. The van der Waals surface area contributed by atoms with Gasteiger partial charge in [0.05, 0.1) is 10.3 Å². The monoisotopic (exact) mass is 287 g/mol. The minimum Gasteiger partial charge on any atom is -0.354 e. The van der Waals surface area contributed by atoms with Crippen LogP contribution in [-0.4, -0.2) is 19.0 Å². The molecule has 1 aromatic heterocycles. The molecule has 82 valence electrons. The normalized spacial score (nSPS) is 16.5. The summed E-state index contributed by atoms with van der Waals surface area (Å²) in [5, 5.41) is 6.65. The molecule has 0 saturated heterocycles. The first-order valence-corrected chi connectivity index (χ1v) is 6.60. The number of hydrogen-bond acceptors (Lipinski definition) is 2. The standard InChI is InChI=1S/C10H14BrN3S/c1-12-10(14-7-2-3-7)13-6-8-4-5-9(11)15-8/h4-5,7H,2-3,6H2,1H3,(H2,12,13,14). The fourth-order valence-electron chi connectivity index (χ4n) is 1.23. The molecule has 0 radical (unpaired) electrons. The zero-order chi connectivity index (χ0) is 10.7. The number of rotatable bonds is 3. The Labute approximate surface area is 102 Å². The van der Waals surface area contributed by atoms with Crippen molar-refractivity contribution < 1.29 is 0 Å². The maximum absolute atomic E-state index is 4.18. The van der Waals surface area contributed by atoms with Crippen molar-refractivity contribution in [3.63, 3.8) is 0 Å². The molecule has 1 fully saturated rings. The van der Waals surface area contributed by atoms with Gasteiger partial charge in [0, 0.05) is 18.0 Å². The highest BCUT2D eigenvalue weighted by Gasteiger charge is 2.21. The SMILES string of the molecule is CN=C(NCc1ccc(Br)s1)NC1CC1. The summed E-state index contributed by atoms with van der Waals surface area (Å²) in [6.07, 6.45) is 2.54. The lowest BCUT2D eigenvalue weighted by molar-refractivity contribution is 0.811. The van der Waals surface area contributed by atoms with Crippen LogP contribution in [0.15, 0.2) is 20.9 Å². The van der Waals surface area contributed by atoms with Crippen molar-refractivity contribution in [3.05, 3.63) is 20.8 Å². The molecule has 2 N–H and O–H groups in total. The topological polar surface area (TPSA) is 36.4 Å². The Morgan fingerprint density at radius 2 is 2.40 bits per heavy atom. The maximum atomic E-state index is 4.18. The lowest BCUT2D eigenvalue weighted by atomic mass is 10.5. The molecule has 0 aromatic carbocycles. The van der Waals surface area contributed by atoms with Crippen LogP contribution >= 0.6 is 27.3 Å². The average Bonchev–Trinajstić information content (AvgIpc) is 2.95. The van der Waals surface area contributed by atoms with Gasteiger partial charge in [0.15, 0.2) is 5.96 Å². The lowest BCUT2D eigenvalue weighted by Crippen LogP contribution is -2.37. The molecule has 0 bridgehead atoms. The van der Waals surface area contributed by atoms with E-state index >= 15 is 0 Å². The number of halogens is 1. The summed E-state index contributed by atoms with van der Waals surface area (Å²) in [5.41, 5.74) is 0. The van der Waals surface area contributed by atoms with Crippen LogP contribution in [-0.2, 0) is 6.54 Å². The highest BCUT2D eigenvalue weighted by atomic mass is 79.9. The second kappa shape index (κ2) is 4.99. The molecule has 1 heterocycles. The third-order valence-corrected chi connectivity index (χ3v) is 3.82. The van der Waals surface area contributed by atoms with Gasteiger partial charge in [0.2, 0.25) is 0 Å². The molecule has 0 unspecified atom stereocenters. The van der Waals surface area contributed by atoms with Gasteiger partial charge in [-0.2, -0.15) is 0 Å². The van der Waals surface area contributed by atoms with Gasteiger partial charge in [0.25, 0.3) is 0 Å². The van der Waals surface area contributed by atoms with Crippen molar-refractivity contribution in [3.8, 4) is 0 Å². The van der Waals surface area contributed by atoms with Crippen molar-refractivity contribution in [1.82, 2.24) is 10.6 Å². The van der Waals surface area contributed by atoms with E-state index in [1.54, 1.807) is 11.3 Å². The van der Waals surface area contributed by atoms with Crippen molar-refractivity contribution >= 4 is 33.2 Å². The Bertz CT molecular complexity index is 357. The van der Waals surface area contributed by atoms with Crippen molar-refractivity contribution in [2.75, 3.05) is 7.05 Å². The van der Waals surface area contributed by atoms with Crippen LogP contribution in [0.25, 0.3) is 0 Å². The minimum atomic E-state index is 0.645. The summed E-state index contributed by atoms with van der Waals surface area (Å²) in [5.74, 6) is 0.905. The quantitative estimate of drug-likeness (QED) is 0.661. The molecule has 1 aromatic rings. The van der Waals surface area contributed by atoms with Crippen LogP contribution in [0, 0.1) is 0 Å². The van der Waals surface area contributed by atoms with Crippen LogP contribution in [0.2, 0.25) is 0 Å². The smallest absolute Gasteiger partial charge is 0.191 e. The molecule has 0 spiro atoms. The molecule has 0 atom stereocenters. The zero-order valence-corrected chi connectivity index (χ0v) is 11.0. The van der Waals surface area contributed by atoms with E-state index < -0.39 is 0 Å². The number of thiophene rings is 1. The number of hydrogen-bond donors (Lipinski definition) is 2. The number of nitrogens with zero attached hydrogens (tertiary/aromatic N) is 1. The third-order valence-electron chi connectivity index (χ3n) is 2.20.